The number of benzene rings is 3. The molecule has 0 aliphatic carbocycles. The molecule has 4 aromatic rings. The van der Waals surface area contributed by atoms with Crippen LogP contribution in [0.15, 0.2) is 76.9 Å². The van der Waals surface area contributed by atoms with Crippen LogP contribution in [-0.4, -0.2) is 20.8 Å². The zero-order valence-corrected chi connectivity index (χ0v) is 16.9. The Balaban J connectivity index is 1.77. The average molecular weight is 418 g/mol. The first-order chi connectivity index (χ1) is 14.5. The molecule has 0 aliphatic heterocycles. The Labute approximate surface area is 176 Å². The molecule has 0 radical (unpaired) electrons. The van der Waals surface area contributed by atoms with E-state index in [-0.39, 0.29) is 17.0 Å². The number of fused-ring (bicyclic) bond motifs is 1. The summed E-state index contributed by atoms with van der Waals surface area (Å²) >= 11 is 1.52. The number of aromatic nitrogens is 1. The number of aryl methyl sites for hydroxylation is 1. The predicted octanol–water partition coefficient (Wildman–Crippen LogP) is 4.61. The lowest BCUT2D eigenvalue weighted by Gasteiger charge is -2.05. The normalized spacial score (nSPS) is 12.1. The molecule has 0 saturated carbocycles. The fraction of sp³-hybridized carbons (Fsp3) is 0.0909. The van der Waals surface area contributed by atoms with Crippen LogP contribution < -0.4 is 4.80 Å². The number of hydrogen-bond donors (Lipinski definition) is 1. The maximum Gasteiger partial charge on any atom is 0.270 e. The topological polar surface area (TPSA) is 93.0 Å². The van der Waals surface area contributed by atoms with Crippen LogP contribution in [0.2, 0.25) is 0 Å². The molecular weight excluding hydrogens is 400 g/mol. The Morgan fingerprint density at radius 1 is 1.13 bits per heavy atom. The molecule has 0 aliphatic rings. The predicted molar refractivity (Wildman–Crippen MR) is 118 cm³/mol. The molecule has 0 atom stereocenters. The van der Waals surface area contributed by atoms with Gasteiger partial charge in [-0.2, -0.15) is 5.10 Å². The molecule has 7 nitrogen and oxygen atoms in total. The molecule has 30 heavy (non-hydrogen) atoms. The Hall–Kier alpha value is -3.78. The third-order valence-electron chi connectivity index (χ3n) is 4.58. The molecule has 0 bridgehead atoms. The van der Waals surface area contributed by atoms with Crippen LogP contribution in [0.4, 0.5) is 5.69 Å². The first-order valence-electron chi connectivity index (χ1n) is 9.19. The monoisotopic (exact) mass is 418 g/mol. The highest BCUT2D eigenvalue weighted by Crippen LogP contribution is 2.22. The smallest absolute Gasteiger partial charge is 0.270 e. The van der Waals surface area contributed by atoms with Crippen LogP contribution >= 0.6 is 11.3 Å². The van der Waals surface area contributed by atoms with Crippen molar-refractivity contribution in [1.82, 2.24) is 4.57 Å². The molecule has 3 aromatic carbocycles. The van der Waals surface area contributed by atoms with E-state index in [9.17, 15) is 15.2 Å². The number of aromatic hydroxyl groups is 1. The fourth-order valence-electron chi connectivity index (χ4n) is 3.08. The number of phenols is 1. The number of thiazole rings is 1. The zero-order chi connectivity index (χ0) is 21.1. The van der Waals surface area contributed by atoms with Gasteiger partial charge in [-0.15, -0.1) is 5.10 Å². The Morgan fingerprint density at radius 2 is 1.93 bits per heavy atom. The molecule has 8 heteroatoms. The van der Waals surface area contributed by atoms with Crippen LogP contribution in [0.5, 0.6) is 5.75 Å². The number of phenolic OH excluding ortho intramolecular Hbond substituents is 1. The highest BCUT2D eigenvalue weighted by atomic mass is 32.1. The summed E-state index contributed by atoms with van der Waals surface area (Å²) in [4.78, 5) is 11.1. The van der Waals surface area contributed by atoms with E-state index in [4.69, 9.17) is 0 Å². The van der Waals surface area contributed by atoms with Crippen molar-refractivity contribution in [3.8, 4) is 5.75 Å². The lowest BCUT2D eigenvalue weighted by atomic mass is 10.2. The van der Waals surface area contributed by atoms with Crippen molar-refractivity contribution >= 4 is 33.5 Å². The molecule has 0 fully saturated rings. The maximum absolute atomic E-state index is 11.0. The minimum absolute atomic E-state index is 0.0938. The average Bonchev–Trinajstić information content (AvgIpc) is 3.06. The van der Waals surface area contributed by atoms with Gasteiger partial charge in [0.2, 0.25) is 4.80 Å². The fourth-order valence-corrected chi connectivity index (χ4v) is 4.16. The van der Waals surface area contributed by atoms with Gasteiger partial charge >= 0.3 is 0 Å². The lowest BCUT2D eigenvalue weighted by molar-refractivity contribution is -0.384. The molecule has 0 spiro atoms. The number of nitro benzene ring substituents is 1. The van der Waals surface area contributed by atoms with Crippen molar-refractivity contribution in [2.45, 2.75) is 13.5 Å². The Bertz CT molecular complexity index is 1320. The van der Waals surface area contributed by atoms with E-state index in [1.165, 1.54) is 35.8 Å². The van der Waals surface area contributed by atoms with Crippen molar-refractivity contribution < 1.29 is 10.0 Å². The third-order valence-corrected chi connectivity index (χ3v) is 5.62. The van der Waals surface area contributed by atoms with Gasteiger partial charge in [-0.3, -0.25) is 10.1 Å². The van der Waals surface area contributed by atoms with Crippen LogP contribution in [0.25, 0.3) is 10.2 Å². The van der Waals surface area contributed by atoms with Gasteiger partial charge in [0, 0.05) is 17.7 Å². The summed E-state index contributed by atoms with van der Waals surface area (Å²) in [5.41, 5.74) is 3.47. The zero-order valence-electron chi connectivity index (χ0n) is 16.1. The quantitative estimate of drug-likeness (QED) is 0.291. The minimum Gasteiger partial charge on any atom is -0.507 e. The van der Waals surface area contributed by atoms with Crippen molar-refractivity contribution in [2.75, 3.05) is 0 Å². The van der Waals surface area contributed by atoms with E-state index in [1.807, 2.05) is 25.1 Å². The molecule has 0 amide bonds. The van der Waals surface area contributed by atoms with Gasteiger partial charge in [0.15, 0.2) is 0 Å². The molecule has 150 valence electrons. The van der Waals surface area contributed by atoms with E-state index < -0.39 is 4.92 Å². The summed E-state index contributed by atoms with van der Waals surface area (Å²) in [6.45, 7) is 2.68. The van der Waals surface area contributed by atoms with Gasteiger partial charge in [0.25, 0.3) is 5.69 Å². The minimum atomic E-state index is -0.518. The number of hydrogen-bond acceptors (Lipinski definition) is 6. The number of nitro groups is 1. The van der Waals surface area contributed by atoms with Crippen LogP contribution in [-0.2, 0) is 6.54 Å². The Morgan fingerprint density at radius 3 is 2.70 bits per heavy atom. The second-order valence-corrected chi connectivity index (χ2v) is 7.78. The lowest BCUT2D eigenvalue weighted by Crippen LogP contribution is -2.15. The maximum atomic E-state index is 11.0. The van der Waals surface area contributed by atoms with Gasteiger partial charge < -0.3 is 9.67 Å². The Kier molecular flexibility index (Phi) is 5.40. The van der Waals surface area contributed by atoms with E-state index >= 15 is 0 Å². The number of non-ortho nitro benzene ring substituents is 1. The van der Waals surface area contributed by atoms with E-state index in [0.717, 1.165) is 21.3 Å². The van der Waals surface area contributed by atoms with Crippen molar-refractivity contribution in [1.29, 1.82) is 0 Å². The molecular formula is C22H18N4O3S. The van der Waals surface area contributed by atoms with Crippen LogP contribution in [0, 0.1) is 17.0 Å². The largest absolute Gasteiger partial charge is 0.507 e. The highest BCUT2D eigenvalue weighted by molar-refractivity contribution is 7.16. The van der Waals surface area contributed by atoms with Gasteiger partial charge in [-0.05, 0) is 36.2 Å². The number of nitrogens with zero attached hydrogens (tertiary/aromatic N) is 4. The summed E-state index contributed by atoms with van der Waals surface area (Å²) in [5.74, 6) is -0.0938. The molecule has 1 heterocycles. The van der Waals surface area contributed by atoms with E-state index in [1.54, 1.807) is 0 Å². The van der Waals surface area contributed by atoms with E-state index in [0.29, 0.717) is 11.3 Å². The van der Waals surface area contributed by atoms with Crippen LogP contribution in [0.1, 0.15) is 16.7 Å². The summed E-state index contributed by atoms with van der Waals surface area (Å²) in [6, 6.07) is 20.1. The van der Waals surface area contributed by atoms with Gasteiger partial charge in [-0.25, -0.2) is 0 Å². The molecule has 1 N–H and O–H groups in total. The number of rotatable bonds is 5. The van der Waals surface area contributed by atoms with Gasteiger partial charge in [-0.1, -0.05) is 47.7 Å². The molecule has 0 unspecified atom stereocenters. The van der Waals surface area contributed by atoms with Crippen molar-refractivity contribution in [3.05, 3.63) is 98.3 Å². The van der Waals surface area contributed by atoms with Crippen molar-refractivity contribution in [3.63, 3.8) is 0 Å². The van der Waals surface area contributed by atoms with Crippen molar-refractivity contribution in [2.24, 2.45) is 10.2 Å². The first-order valence-corrected chi connectivity index (χ1v) is 10.0. The highest BCUT2D eigenvalue weighted by Gasteiger charge is 2.09. The molecule has 4 rings (SSSR count). The van der Waals surface area contributed by atoms with Gasteiger partial charge in [0.05, 0.1) is 27.9 Å². The standard InChI is InChI=1S/C22H18N4O3S/c1-15-7-9-19-21(11-15)30-22(25(19)14-16-5-3-2-4-6-16)24-23-13-17-12-18(26(28)29)8-10-20(17)27/h2-13,27H,14H2,1H3/b23-13+,24-22-. The second kappa shape index (κ2) is 8.30. The van der Waals surface area contributed by atoms with Gasteiger partial charge in [0.1, 0.15) is 5.75 Å². The SMILES string of the molecule is Cc1ccc2c(c1)s/c(=N\N=C\c1cc([N+](=O)[O-])ccc1O)n2Cc1ccccc1. The van der Waals surface area contributed by atoms with Crippen LogP contribution in [0.3, 0.4) is 0 Å². The summed E-state index contributed by atoms with van der Waals surface area (Å²) in [6.07, 6.45) is 1.32. The first kappa shape index (κ1) is 19.5. The second-order valence-electron chi connectivity index (χ2n) is 6.77. The molecule has 0 saturated heterocycles. The molecule has 1 aromatic heterocycles. The summed E-state index contributed by atoms with van der Waals surface area (Å²) in [7, 11) is 0. The van der Waals surface area contributed by atoms with E-state index in [2.05, 4.69) is 45.1 Å². The summed E-state index contributed by atoms with van der Waals surface area (Å²) in [5, 5.41) is 29.4. The summed E-state index contributed by atoms with van der Waals surface area (Å²) < 4.78 is 3.18. The third kappa shape index (κ3) is 4.13.